The van der Waals surface area contributed by atoms with Crippen molar-refractivity contribution in [2.75, 3.05) is 5.73 Å². The Morgan fingerprint density at radius 1 is 1.11 bits per heavy atom. The van der Waals surface area contributed by atoms with Crippen LogP contribution >= 0.6 is 0 Å². The van der Waals surface area contributed by atoms with E-state index in [1.165, 1.54) is 5.69 Å². The van der Waals surface area contributed by atoms with Crippen LogP contribution in [0.25, 0.3) is 16.6 Å². The molecule has 0 radical (unpaired) electrons. The van der Waals surface area contributed by atoms with E-state index in [1.54, 1.807) is 0 Å². The molecule has 96 valence electrons. The fourth-order valence-electron chi connectivity index (χ4n) is 2.59. The fraction of sp³-hybridized carbons (Fsp3) is 0.188. The topological polar surface area (TPSA) is 43.8 Å². The monoisotopic (exact) mass is 251 g/mol. The Hall–Kier alpha value is -2.29. The van der Waals surface area contributed by atoms with Gasteiger partial charge in [0.25, 0.3) is 0 Å². The quantitative estimate of drug-likeness (QED) is 0.773. The number of anilines is 1. The number of nitrogens with two attached hydrogens (primary N) is 1. The van der Waals surface area contributed by atoms with Crippen LogP contribution in [0.3, 0.4) is 0 Å². The van der Waals surface area contributed by atoms with E-state index >= 15 is 0 Å². The molecule has 0 saturated heterocycles. The highest BCUT2D eigenvalue weighted by molar-refractivity contribution is 5.95. The van der Waals surface area contributed by atoms with Gasteiger partial charge in [-0.2, -0.15) is 0 Å². The van der Waals surface area contributed by atoms with Crippen molar-refractivity contribution in [3.63, 3.8) is 0 Å². The number of fused-ring (bicyclic) bond motifs is 1. The van der Waals surface area contributed by atoms with Crippen molar-refractivity contribution in [2.45, 2.75) is 19.8 Å². The highest BCUT2D eigenvalue weighted by Crippen LogP contribution is 2.32. The number of hydrogen-bond acceptors (Lipinski definition) is 2. The van der Waals surface area contributed by atoms with Crippen LogP contribution in [0.15, 0.2) is 48.8 Å². The van der Waals surface area contributed by atoms with Crippen molar-refractivity contribution in [3.05, 3.63) is 54.5 Å². The van der Waals surface area contributed by atoms with Crippen LogP contribution in [0.5, 0.6) is 0 Å². The van der Waals surface area contributed by atoms with Crippen molar-refractivity contribution in [2.24, 2.45) is 0 Å². The molecule has 0 unspecified atom stereocenters. The summed E-state index contributed by atoms with van der Waals surface area (Å²) >= 11 is 0. The van der Waals surface area contributed by atoms with Crippen molar-refractivity contribution < 1.29 is 0 Å². The molecule has 3 heteroatoms. The summed E-state index contributed by atoms with van der Waals surface area (Å²) in [5.41, 5.74) is 10.7. The third kappa shape index (κ3) is 1.87. The maximum absolute atomic E-state index is 6.33. The number of hydrogen-bond donors (Lipinski definition) is 1. The van der Waals surface area contributed by atoms with Gasteiger partial charge in [-0.05, 0) is 24.6 Å². The lowest BCUT2D eigenvalue weighted by atomic mass is 10.2. The Kier molecular flexibility index (Phi) is 2.95. The average molecular weight is 251 g/mol. The predicted octanol–water partition coefficient (Wildman–Crippen LogP) is 3.56. The van der Waals surface area contributed by atoms with Gasteiger partial charge < -0.3 is 10.3 Å². The lowest BCUT2D eigenvalue weighted by molar-refractivity contribution is 0.855. The van der Waals surface area contributed by atoms with Gasteiger partial charge >= 0.3 is 0 Å². The van der Waals surface area contributed by atoms with Gasteiger partial charge in [0.2, 0.25) is 0 Å². The maximum Gasteiger partial charge on any atom is 0.0611 e. The van der Waals surface area contributed by atoms with Gasteiger partial charge in [-0.1, -0.05) is 31.5 Å². The summed E-state index contributed by atoms with van der Waals surface area (Å²) in [7, 11) is 0. The first kappa shape index (κ1) is 11.8. The number of para-hydroxylation sites is 1. The molecule has 0 aliphatic carbocycles. The first-order valence-corrected chi connectivity index (χ1v) is 6.61. The van der Waals surface area contributed by atoms with E-state index < -0.39 is 0 Å². The van der Waals surface area contributed by atoms with Gasteiger partial charge in [-0.3, -0.25) is 4.98 Å². The molecule has 0 amide bonds. The molecule has 0 bridgehead atoms. The molecular formula is C16H17N3. The highest BCUT2D eigenvalue weighted by Gasteiger charge is 2.14. The molecule has 0 atom stereocenters. The normalized spacial score (nSPS) is 11.0. The van der Waals surface area contributed by atoms with E-state index in [-0.39, 0.29) is 0 Å². The Morgan fingerprint density at radius 3 is 2.58 bits per heavy atom. The highest BCUT2D eigenvalue weighted by atomic mass is 15.0. The molecule has 2 aromatic heterocycles. The third-order valence-electron chi connectivity index (χ3n) is 3.42. The van der Waals surface area contributed by atoms with Gasteiger partial charge in [0, 0.05) is 29.2 Å². The molecule has 0 saturated carbocycles. The van der Waals surface area contributed by atoms with Gasteiger partial charge in [0.1, 0.15) is 0 Å². The van der Waals surface area contributed by atoms with Crippen LogP contribution in [-0.2, 0) is 6.42 Å². The van der Waals surface area contributed by atoms with Crippen LogP contribution < -0.4 is 5.73 Å². The summed E-state index contributed by atoms with van der Waals surface area (Å²) in [5.74, 6) is 0. The summed E-state index contributed by atoms with van der Waals surface area (Å²) in [5, 5.41) is 1.13. The summed E-state index contributed by atoms with van der Waals surface area (Å²) in [4.78, 5) is 4.09. The van der Waals surface area contributed by atoms with E-state index in [0.29, 0.717) is 0 Å². The first-order chi connectivity index (χ1) is 9.33. The lowest BCUT2D eigenvalue weighted by Gasteiger charge is -2.10. The van der Waals surface area contributed by atoms with Crippen LogP contribution in [0.4, 0.5) is 5.69 Å². The van der Waals surface area contributed by atoms with Crippen molar-refractivity contribution in [1.29, 1.82) is 0 Å². The molecule has 3 nitrogen and oxygen atoms in total. The van der Waals surface area contributed by atoms with Crippen molar-refractivity contribution >= 4 is 16.6 Å². The number of benzene rings is 1. The standard InChI is InChI=1S/C16H17N3/c1-2-5-15-16(17)13-6-3-4-7-14(13)19(15)12-8-10-18-11-9-12/h3-4,6-11H,2,5,17H2,1H3. The molecule has 0 aliphatic heterocycles. The van der Waals surface area contributed by atoms with E-state index in [9.17, 15) is 0 Å². The van der Waals surface area contributed by atoms with E-state index in [0.717, 1.165) is 35.1 Å². The minimum absolute atomic E-state index is 0.897. The Morgan fingerprint density at radius 2 is 1.84 bits per heavy atom. The number of aromatic nitrogens is 2. The van der Waals surface area contributed by atoms with Gasteiger partial charge in [-0.25, -0.2) is 0 Å². The molecule has 19 heavy (non-hydrogen) atoms. The Balaban J connectivity index is 2.35. The first-order valence-electron chi connectivity index (χ1n) is 6.61. The third-order valence-corrected chi connectivity index (χ3v) is 3.42. The zero-order valence-corrected chi connectivity index (χ0v) is 11.0. The largest absolute Gasteiger partial charge is 0.397 e. The Labute approximate surface area is 112 Å². The lowest BCUT2D eigenvalue weighted by Crippen LogP contribution is -2.02. The molecule has 1 aromatic carbocycles. The van der Waals surface area contributed by atoms with E-state index in [2.05, 4.69) is 34.7 Å². The predicted molar refractivity (Wildman–Crippen MR) is 79.5 cm³/mol. The summed E-state index contributed by atoms with van der Waals surface area (Å²) in [6.45, 7) is 2.17. The van der Waals surface area contributed by atoms with Crippen LogP contribution in [0.1, 0.15) is 19.0 Å². The fourth-order valence-corrected chi connectivity index (χ4v) is 2.59. The van der Waals surface area contributed by atoms with Crippen LogP contribution in [0.2, 0.25) is 0 Å². The second kappa shape index (κ2) is 4.76. The molecule has 0 spiro atoms. The molecule has 2 heterocycles. The minimum Gasteiger partial charge on any atom is -0.397 e. The number of rotatable bonds is 3. The van der Waals surface area contributed by atoms with Crippen molar-refractivity contribution in [1.82, 2.24) is 9.55 Å². The molecule has 3 rings (SSSR count). The Bertz CT molecular complexity index is 699. The van der Waals surface area contributed by atoms with Gasteiger partial charge in [-0.15, -0.1) is 0 Å². The second-order valence-corrected chi connectivity index (χ2v) is 4.67. The van der Waals surface area contributed by atoms with E-state index in [4.69, 9.17) is 5.73 Å². The zero-order chi connectivity index (χ0) is 13.2. The van der Waals surface area contributed by atoms with Gasteiger partial charge in [0.15, 0.2) is 0 Å². The molecule has 3 aromatic rings. The van der Waals surface area contributed by atoms with Crippen LogP contribution in [-0.4, -0.2) is 9.55 Å². The number of nitrogens with zero attached hydrogens (tertiary/aromatic N) is 2. The van der Waals surface area contributed by atoms with E-state index in [1.807, 2.05) is 30.6 Å². The SMILES string of the molecule is CCCc1c(N)c2ccccc2n1-c1ccncc1. The smallest absolute Gasteiger partial charge is 0.0611 e. The average Bonchev–Trinajstić information content (AvgIpc) is 2.74. The minimum atomic E-state index is 0.897. The molecule has 0 fully saturated rings. The summed E-state index contributed by atoms with van der Waals surface area (Å²) < 4.78 is 2.25. The zero-order valence-electron chi connectivity index (χ0n) is 11.0. The second-order valence-electron chi connectivity index (χ2n) is 4.67. The maximum atomic E-state index is 6.33. The number of nitrogen functional groups attached to an aromatic ring is 1. The number of pyridine rings is 1. The molecule has 2 N–H and O–H groups in total. The summed E-state index contributed by atoms with van der Waals surface area (Å²) in [6, 6.07) is 12.3. The summed E-state index contributed by atoms with van der Waals surface area (Å²) in [6.07, 6.45) is 5.68. The van der Waals surface area contributed by atoms with Crippen molar-refractivity contribution in [3.8, 4) is 5.69 Å². The molecule has 0 aliphatic rings. The van der Waals surface area contributed by atoms with Gasteiger partial charge in [0.05, 0.1) is 11.2 Å². The molecular weight excluding hydrogens is 234 g/mol. The van der Waals surface area contributed by atoms with Crippen LogP contribution in [0, 0.1) is 0 Å².